The third kappa shape index (κ3) is 1.94. The molecule has 0 aromatic heterocycles. The Hall–Kier alpha value is -1.43. The van der Waals surface area contributed by atoms with Crippen LogP contribution < -0.4 is 0 Å². The van der Waals surface area contributed by atoms with E-state index in [1.54, 1.807) is 12.1 Å². The Labute approximate surface area is 153 Å². The molecule has 1 aromatic carbocycles. The lowest BCUT2D eigenvalue weighted by molar-refractivity contribution is -0.130. The second-order valence-electron chi connectivity index (χ2n) is 9.26. The molecule has 1 amide bonds. The summed E-state index contributed by atoms with van der Waals surface area (Å²) < 4.78 is 40.3. The number of carbonyl (C=O) groups is 1. The van der Waals surface area contributed by atoms with Crippen molar-refractivity contribution in [3.63, 3.8) is 0 Å². The molecule has 4 nitrogen and oxygen atoms in total. The molecule has 6 heteroatoms. The summed E-state index contributed by atoms with van der Waals surface area (Å²) in [5.74, 6) is -0.178. The normalized spacial score (nSPS) is 41.3. The first-order valence-corrected chi connectivity index (χ1v) is 11.1. The van der Waals surface area contributed by atoms with E-state index in [2.05, 4.69) is 13.8 Å². The number of sulfonamides is 1. The lowest BCUT2D eigenvalue weighted by Gasteiger charge is -2.37. The van der Waals surface area contributed by atoms with Gasteiger partial charge in [0, 0.05) is 11.3 Å². The SMILES string of the molecule is CC1(C)C2CCC13CS(=O)(=O)N(C(=O)C1CC1c1ccc(F)cc1)C3C2. The summed E-state index contributed by atoms with van der Waals surface area (Å²) in [5.41, 5.74) is 0.621. The van der Waals surface area contributed by atoms with Crippen LogP contribution in [-0.2, 0) is 14.8 Å². The highest BCUT2D eigenvalue weighted by molar-refractivity contribution is 7.90. The standard InChI is InChI=1S/C20H24FNO3S/c1-19(2)13-7-8-20(19)11-26(24,25)22(17(20)9-13)18(23)16-10-15(16)12-3-5-14(21)6-4-12/h3-6,13,15-17H,7-11H2,1-2H3. The Morgan fingerprint density at radius 2 is 1.88 bits per heavy atom. The summed E-state index contributed by atoms with van der Waals surface area (Å²) in [5, 5.41) is 0. The average molecular weight is 377 g/mol. The van der Waals surface area contributed by atoms with Crippen molar-refractivity contribution in [3.8, 4) is 0 Å². The summed E-state index contributed by atoms with van der Waals surface area (Å²) in [7, 11) is -3.55. The molecule has 1 aromatic rings. The van der Waals surface area contributed by atoms with Crippen molar-refractivity contribution in [1.82, 2.24) is 4.31 Å². The smallest absolute Gasteiger partial charge is 0.240 e. The predicted molar refractivity (Wildman–Crippen MR) is 95.2 cm³/mol. The van der Waals surface area contributed by atoms with Crippen LogP contribution in [0.4, 0.5) is 4.39 Å². The van der Waals surface area contributed by atoms with E-state index in [-0.39, 0.29) is 46.2 Å². The number of hydrogen-bond donors (Lipinski definition) is 0. The van der Waals surface area contributed by atoms with E-state index in [1.165, 1.54) is 16.4 Å². The largest absolute Gasteiger partial charge is 0.273 e. The number of rotatable bonds is 2. The Morgan fingerprint density at radius 3 is 2.54 bits per heavy atom. The van der Waals surface area contributed by atoms with Gasteiger partial charge in [0.15, 0.2) is 0 Å². The molecule has 5 atom stereocenters. The molecule has 26 heavy (non-hydrogen) atoms. The molecule has 3 aliphatic carbocycles. The van der Waals surface area contributed by atoms with Gasteiger partial charge in [-0.2, -0.15) is 0 Å². The van der Waals surface area contributed by atoms with Gasteiger partial charge in [-0.05, 0) is 60.6 Å². The van der Waals surface area contributed by atoms with Crippen molar-refractivity contribution < 1.29 is 17.6 Å². The van der Waals surface area contributed by atoms with Crippen LogP contribution >= 0.6 is 0 Å². The number of halogens is 1. The highest BCUT2D eigenvalue weighted by atomic mass is 32.2. The molecule has 1 saturated heterocycles. The van der Waals surface area contributed by atoms with Gasteiger partial charge in [0.25, 0.3) is 0 Å². The maximum Gasteiger partial charge on any atom is 0.240 e. The van der Waals surface area contributed by atoms with Crippen molar-refractivity contribution in [1.29, 1.82) is 0 Å². The van der Waals surface area contributed by atoms with Crippen LogP contribution in [0.15, 0.2) is 24.3 Å². The Kier molecular flexibility index (Phi) is 3.14. The van der Waals surface area contributed by atoms with Crippen LogP contribution in [0.25, 0.3) is 0 Å². The number of benzene rings is 1. The average Bonchev–Trinajstić information content (AvgIpc) is 3.22. The Bertz CT molecular complexity index is 894. The first-order chi connectivity index (χ1) is 12.2. The lowest BCUT2D eigenvalue weighted by Crippen LogP contribution is -2.44. The lowest BCUT2D eigenvalue weighted by atomic mass is 9.69. The molecular weight excluding hydrogens is 353 g/mol. The molecule has 3 saturated carbocycles. The van der Waals surface area contributed by atoms with Crippen LogP contribution in [0.5, 0.6) is 0 Å². The zero-order chi connectivity index (χ0) is 18.5. The zero-order valence-corrected chi connectivity index (χ0v) is 15.9. The summed E-state index contributed by atoms with van der Waals surface area (Å²) in [6.07, 6.45) is 3.45. The number of hydrogen-bond acceptors (Lipinski definition) is 3. The first-order valence-electron chi connectivity index (χ1n) is 9.49. The van der Waals surface area contributed by atoms with Gasteiger partial charge in [-0.3, -0.25) is 4.79 Å². The minimum absolute atomic E-state index is 0.0152. The fourth-order valence-electron chi connectivity index (χ4n) is 6.29. The van der Waals surface area contributed by atoms with Crippen molar-refractivity contribution in [2.75, 3.05) is 5.75 Å². The van der Waals surface area contributed by atoms with Crippen LogP contribution in [0.2, 0.25) is 0 Å². The number of amides is 1. The predicted octanol–water partition coefficient (Wildman–Crippen LogP) is 3.30. The van der Waals surface area contributed by atoms with Crippen LogP contribution in [0, 0.1) is 28.5 Å². The third-order valence-electron chi connectivity index (χ3n) is 8.03. The maximum atomic E-state index is 13.2. The molecule has 0 radical (unpaired) electrons. The molecule has 5 unspecified atom stereocenters. The van der Waals surface area contributed by atoms with E-state index in [0.717, 1.165) is 24.8 Å². The van der Waals surface area contributed by atoms with Crippen molar-refractivity contribution in [2.24, 2.45) is 22.7 Å². The molecule has 4 fully saturated rings. The van der Waals surface area contributed by atoms with Gasteiger partial charge < -0.3 is 0 Å². The van der Waals surface area contributed by atoms with Gasteiger partial charge in [-0.25, -0.2) is 17.1 Å². The highest BCUT2D eigenvalue weighted by Crippen LogP contribution is 2.70. The maximum absolute atomic E-state index is 13.2. The minimum atomic E-state index is -3.55. The van der Waals surface area contributed by atoms with Crippen LogP contribution in [0.3, 0.4) is 0 Å². The fourth-order valence-corrected chi connectivity index (χ4v) is 8.87. The number of fused-ring (bicyclic) bond motifs is 1. The van der Waals surface area contributed by atoms with Gasteiger partial charge in [-0.1, -0.05) is 26.0 Å². The molecule has 4 aliphatic rings. The van der Waals surface area contributed by atoms with E-state index in [0.29, 0.717) is 12.3 Å². The topological polar surface area (TPSA) is 54.5 Å². The van der Waals surface area contributed by atoms with Gasteiger partial charge in [-0.15, -0.1) is 0 Å². The second kappa shape index (κ2) is 4.89. The molecule has 1 heterocycles. The van der Waals surface area contributed by atoms with E-state index in [9.17, 15) is 17.6 Å². The van der Waals surface area contributed by atoms with Crippen molar-refractivity contribution in [2.45, 2.75) is 51.5 Å². The first kappa shape index (κ1) is 16.7. The van der Waals surface area contributed by atoms with Crippen LogP contribution in [-0.4, -0.2) is 30.4 Å². The Balaban J connectivity index is 1.44. The summed E-state index contributed by atoms with van der Waals surface area (Å²) in [6.45, 7) is 4.37. The molecule has 1 aliphatic heterocycles. The summed E-state index contributed by atoms with van der Waals surface area (Å²) in [4.78, 5) is 13.2. The summed E-state index contributed by atoms with van der Waals surface area (Å²) >= 11 is 0. The van der Waals surface area contributed by atoms with Gasteiger partial charge in [0.1, 0.15) is 5.82 Å². The zero-order valence-electron chi connectivity index (χ0n) is 15.1. The minimum Gasteiger partial charge on any atom is -0.273 e. The fraction of sp³-hybridized carbons (Fsp3) is 0.650. The molecule has 140 valence electrons. The van der Waals surface area contributed by atoms with Gasteiger partial charge in [0.05, 0.1) is 11.8 Å². The molecule has 2 bridgehead atoms. The monoisotopic (exact) mass is 377 g/mol. The molecule has 1 spiro atoms. The van der Waals surface area contributed by atoms with Gasteiger partial charge in [0.2, 0.25) is 15.9 Å². The number of carbonyl (C=O) groups excluding carboxylic acids is 1. The van der Waals surface area contributed by atoms with Crippen molar-refractivity contribution >= 4 is 15.9 Å². The van der Waals surface area contributed by atoms with E-state index < -0.39 is 10.0 Å². The molecule has 5 rings (SSSR count). The van der Waals surface area contributed by atoms with E-state index >= 15 is 0 Å². The van der Waals surface area contributed by atoms with Crippen LogP contribution in [0.1, 0.15) is 51.0 Å². The van der Waals surface area contributed by atoms with Crippen molar-refractivity contribution in [3.05, 3.63) is 35.6 Å². The highest BCUT2D eigenvalue weighted by Gasteiger charge is 2.73. The second-order valence-corrected chi connectivity index (χ2v) is 11.1. The van der Waals surface area contributed by atoms with E-state index in [4.69, 9.17) is 0 Å². The number of nitrogens with zero attached hydrogens (tertiary/aromatic N) is 1. The molecule has 0 N–H and O–H groups in total. The quantitative estimate of drug-likeness (QED) is 0.795. The third-order valence-corrected chi connectivity index (χ3v) is 9.95. The Morgan fingerprint density at radius 1 is 1.19 bits per heavy atom. The van der Waals surface area contributed by atoms with E-state index in [1.807, 2.05) is 0 Å². The molecular formula is C20H24FNO3S. The summed E-state index contributed by atoms with van der Waals surface area (Å²) in [6, 6.07) is 6.04. The van der Waals surface area contributed by atoms with Gasteiger partial charge >= 0.3 is 0 Å².